The number of allylic oxidation sites excluding steroid dienone is 2. The molecule has 1 rings (SSSR count). The van der Waals surface area contributed by atoms with Crippen molar-refractivity contribution in [3.05, 3.63) is 25.0 Å². The first kappa shape index (κ1) is 17.2. The smallest absolute Gasteiger partial charge is 0.312 e. The van der Waals surface area contributed by atoms with Crippen molar-refractivity contribution < 1.29 is 28.9 Å². The average molecular weight is 298 g/mol. The molecule has 0 spiro atoms. The van der Waals surface area contributed by atoms with Crippen molar-refractivity contribution in [1.82, 2.24) is 0 Å². The predicted octanol–water partition coefficient (Wildman–Crippen LogP) is 1.62. The monoisotopic (exact) mass is 298 g/mol. The molecule has 0 saturated heterocycles. The van der Waals surface area contributed by atoms with Gasteiger partial charge in [-0.1, -0.05) is 6.08 Å². The fourth-order valence-corrected chi connectivity index (χ4v) is 2.95. The summed E-state index contributed by atoms with van der Waals surface area (Å²) in [6.45, 7) is 5.06. The zero-order valence-electron chi connectivity index (χ0n) is 12.5. The van der Waals surface area contributed by atoms with Gasteiger partial charge in [0.05, 0.1) is 19.3 Å². The number of ether oxygens (including phenoxy) is 3. The van der Waals surface area contributed by atoms with Gasteiger partial charge < -0.3 is 19.3 Å². The van der Waals surface area contributed by atoms with Crippen molar-refractivity contribution in [1.29, 1.82) is 0 Å². The van der Waals surface area contributed by atoms with E-state index in [1.54, 1.807) is 6.08 Å². The highest BCUT2D eigenvalue weighted by Crippen LogP contribution is 2.40. The second-order valence-corrected chi connectivity index (χ2v) is 4.95. The molecule has 5 atom stereocenters. The molecule has 1 fully saturated rings. The molecule has 1 aliphatic carbocycles. The van der Waals surface area contributed by atoms with Crippen LogP contribution in [0.5, 0.6) is 0 Å². The number of hydrogen-bond donors (Lipinski definition) is 1. The van der Waals surface area contributed by atoms with E-state index in [9.17, 15) is 9.59 Å². The van der Waals surface area contributed by atoms with E-state index in [4.69, 9.17) is 19.3 Å². The molecule has 0 amide bonds. The Morgan fingerprint density at radius 3 is 2.43 bits per heavy atom. The third-order valence-electron chi connectivity index (χ3n) is 3.81. The molecule has 0 aromatic heterocycles. The van der Waals surface area contributed by atoms with E-state index >= 15 is 0 Å². The van der Waals surface area contributed by atoms with Gasteiger partial charge in [0, 0.05) is 20.0 Å². The fraction of sp³-hybridized carbons (Fsp3) is 0.600. The largest absolute Gasteiger partial charge is 0.516 e. The van der Waals surface area contributed by atoms with Crippen LogP contribution in [0.25, 0.3) is 0 Å². The van der Waals surface area contributed by atoms with Gasteiger partial charge in [0.1, 0.15) is 12.2 Å². The second-order valence-electron chi connectivity index (χ2n) is 4.95. The summed E-state index contributed by atoms with van der Waals surface area (Å²) in [4.78, 5) is 23.4. The van der Waals surface area contributed by atoms with Crippen LogP contribution in [0.4, 0.5) is 0 Å². The minimum Gasteiger partial charge on any atom is -0.516 e. The molecule has 0 aromatic carbocycles. The molecule has 6 nitrogen and oxygen atoms in total. The Kier molecular flexibility index (Phi) is 6.42. The standard InChI is InChI=1S/C15H22O6/c1-5-10-8-12(21-9(2)17)14(19-3)13(15(18)20-4)11(10)6-7-16/h5-7,10-14,16H,1,8H2,2-4H3/b7-6+/t10-,11-,12+,13-,14-/m0/s1. The third-order valence-corrected chi connectivity index (χ3v) is 3.81. The van der Waals surface area contributed by atoms with Gasteiger partial charge in [0.2, 0.25) is 0 Å². The normalized spacial score (nSPS) is 32.6. The van der Waals surface area contributed by atoms with E-state index in [0.717, 1.165) is 6.26 Å². The summed E-state index contributed by atoms with van der Waals surface area (Å²) in [5.74, 6) is -2.09. The number of carbonyl (C=O) groups excluding carboxylic acids is 2. The Balaban J connectivity index is 3.19. The lowest BCUT2D eigenvalue weighted by atomic mass is 9.69. The first-order chi connectivity index (χ1) is 9.99. The molecule has 6 heteroatoms. The highest BCUT2D eigenvalue weighted by atomic mass is 16.6. The van der Waals surface area contributed by atoms with Crippen LogP contribution in [0.3, 0.4) is 0 Å². The van der Waals surface area contributed by atoms with Gasteiger partial charge in [0.15, 0.2) is 0 Å². The van der Waals surface area contributed by atoms with E-state index in [1.807, 2.05) is 0 Å². The number of methoxy groups -OCH3 is 2. The number of esters is 2. The van der Waals surface area contributed by atoms with E-state index in [0.29, 0.717) is 6.42 Å². The van der Waals surface area contributed by atoms with Crippen LogP contribution >= 0.6 is 0 Å². The van der Waals surface area contributed by atoms with E-state index in [-0.39, 0.29) is 11.8 Å². The van der Waals surface area contributed by atoms with Gasteiger partial charge in [0.25, 0.3) is 0 Å². The Hall–Kier alpha value is -1.82. The summed E-state index contributed by atoms with van der Waals surface area (Å²) in [7, 11) is 2.73. The van der Waals surface area contributed by atoms with Crippen molar-refractivity contribution in [2.75, 3.05) is 14.2 Å². The van der Waals surface area contributed by atoms with E-state index < -0.39 is 30.1 Å². The molecule has 0 unspecified atom stereocenters. The summed E-state index contributed by atoms with van der Waals surface area (Å²) < 4.78 is 15.5. The minimum atomic E-state index is -0.690. The highest BCUT2D eigenvalue weighted by Gasteiger charge is 2.48. The maximum Gasteiger partial charge on any atom is 0.312 e. The lowest BCUT2D eigenvalue weighted by molar-refractivity contribution is -0.178. The molecular formula is C15H22O6. The molecule has 118 valence electrons. The zero-order valence-corrected chi connectivity index (χ0v) is 12.5. The highest BCUT2D eigenvalue weighted by molar-refractivity contribution is 5.74. The first-order valence-electron chi connectivity index (χ1n) is 6.71. The van der Waals surface area contributed by atoms with Crippen molar-refractivity contribution in [2.24, 2.45) is 17.8 Å². The van der Waals surface area contributed by atoms with Crippen LogP contribution < -0.4 is 0 Å². The SMILES string of the molecule is C=C[C@H]1C[C@@H](OC(C)=O)[C@H](OC)[C@@H](C(=O)OC)[C@H]1/C=C/O. The summed E-state index contributed by atoms with van der Waals surface area (Å²) in [6, 6.07) is 0. The number of rotatable bonds is 5. The molecule has 1 saturated carbocycles. The second kappa shape index (κ2) is 7.83. The van der Waals surface area contributed by atoms with E-state index in [1.165, 1.54) is 27.2 Å². The quantitative estimate of drug-likeness (QED) is 0.472. The van der Waals surface area contributed by atoms with Gasteiger partial charge in [-0.05, 0) is 18.4 Å². The molecule has 0 heterocycles. The molecule has 21 heavy (non-hydrogen) atoms. The maximum absolute atomic E-state index is 12.1. The zero-order chi connectivity index (χ0) is 16.0. The molecule has 1 N–H and O–H groups in total. The van der Waals surface area contributed by atoms with Crippen LogP contribution in [0.2, 0.25) is 0 Å². The number of aliphatic hydroxyl groups is 1. The van der Waals surface area contributed by atoms with Crippen LogP contribution in [-0.2, 0) is 23.8 Å². The van der Waals surface area contributed by atoms with Crippen molar-refractivity contribution in [2.45, 2.75) is 25.6 Å². The Morgan fingerprint density at radius 1 is 1.33 bits per heavy atom. The summed E-state index contributed by atoms with van der Waals surface area (Å²) in [5, 5.41) is 9.08. The molecular weight excluding hydrogens is 276 g/mol. The first-order valence-corrected chi connectivity index (χ1v) is 6.71. The Labute approximate surface area is 124 Å². The number of carbonyl (C=O) groups is 2. The van der Waals surface area contributed by atoms with Gasteiger partial charge in [-0.15, -0.1) is 6.58 Å². The lowest BCUT2D eigenvalue weighted by Gasteiger charge is -2.42. The average Bonchev–Trinajstić information content (AvgIpc) is 2.46. The van der Waals surface area contributed by atoms with Crippen molar-refractivity contribution in [3.8, 4) is 0 Å². The van der Waals surface area contributed by atoms with Gasteiger partial charge in [-0.2, -0.15) is 0 Å². The van der Waals surface area contributed by atoms with E-state index in [2.05, 4.69) is 6.58 Å². The molecule has 0 bridgehead atoms. The number of aliphatic hydroxyl groups excluding tert-OH is 1. The molecule has 1 aliphatic rings. The maximum atomic E-state index is 12.1. The number of hydrogen-bond acceptors (Lipinski definition) is 6. The molecule has 0 radical (unpaired) electrons. The topological polar surface area (TPSA) is 82.1 Å². The van der Waals surface area contributed by atoms with Crippen LogP contribution in [0.1, 0.15) is 13.3 Å². The van der Waals surface area contributed by atoms with Gasteiger partial charge in [-0.3, -0.25) is 9.59 Å². The minimum absolute atomic E-state index is 0.145. The Bertz CT molecular complexity index is 416. The van der Waals surface area contributed by atoms with Gasteiger partial charge in [-0.25, -0.2) is 0 Å². The molecule has 0 aromatic rings. The predicted molar refractivity (Wildman–Crippen MR) is 75.4 cm³/mol. The third kappa shape index (κ3) is 3.85. The summed E-state index contributed by atoms with van der Waals surface area (Å²) in [5.41, 5.74) is 0. The van der Waals surface area contributed by atoms with Crippen molar-refractivity contribution in [3.63, 3.8) is 0 Å². The van der Waals surface area contributed by atoms with Crippen LogP contribution in [-0.4, -0.2) is 43.5 Å². The van der Waals surface area contributed by atoms with Crippen LogP contribution in [0.15, 0.2) is 25.0 Å². The van der Waals surface area contributed by atoms with Crippen LogP contribution in [0, 0.1) is 17.8 Å². The van der Waals surface area contributed by atoms with Gasteiger partial charge >= 0.3 is 11.9 Å². The fourth-order valence-electron chi connectivity index (χ4n) is 2.95. The summed E-state index contributed by atoms with van der Waals surface area (Å²) in [6.07, 6.45) is 3.36. The Morgan fingerprint density at radius 2 is 2.00 bits per heavy atom. The summed E-state index contributed by atoms with van der Waals surface area (Å²) >= 11 is 0. The lowest BCUT2D eigenvalue weighted by Crippen LogP contribution is -2.51. The van der Waals surface area contributed by atoms with Crippen molar-refractivity contribution >= 4 is 11.9 Å². The molecule has 0 aliphatic heterocycles.